The smallest absolute Gasteiger partial charge is 0.0966 e. The summed E-state index contributed by atoms with van der Waals surface area (Å²) in [6.07, 6.45) is 0. The number of hydrogen-bond acceptors (Lipinski definition) is 1. The maximum Gasteiger partial charge on any atom is 0.0966 e. The van der Waals surface area contributed by atoms with Gasteiger partial charge in [0.2, 0.25) is 0 Å². The van der Waals surface area contributed by atoms with E-state index in [0.29, 0.717) is 3.73 Å². The zero-order chi connectivity index (χ0) is 7.49. The van der Waals surface area contributed by atoms with Crippen LogP contribution in [0.1, 0.15) is 6.92 Å². The van der Waals surface area contributed by atoms with E-state index in [4.69, 9.17) is 4.74 Å². The fraction of sp³-hybridized carbons (Fsp3) is 1.00. The van der Waals surface area contributed by atoms with Crippen molar-refractivity contribution in [2.45, 2.75) is 30.3 Å². The van der Waals surface area contributed by atoms with Crippen LogP contribution >= 0.6 is 22.6 Å². The van der Waals surface area contributed by atoms with E-state index in [1.54, 1.807) is 0 Å². The molecule has 1 unspecified atom stereocenters. The summed E-state index contributed by atoms with van der Waals surface area (Å²) in [5.41, 5.74) is 0. The third-order valence-electron chi connectivity index (χ3n) is 0.994. The van der Waals surface area contributed by atoms with Crippen molar-refractivity contribution in [1.82, 2.24) is 0 Å². The molecular weight excluding hydrogens is 243 g/mol. The summed E-state index contributed by atoms with van der Waals surface area (Å²) < 4.78 is 5.93. The maximum absolute atomic E-state index is 5.45. The first kappa shape index (κ1) is 9.91. The predicted octanol–water partition coefficient (Wildman–Crippen LogP) is 2.66. The first-order valence-corrected chi connectivity index (χ1v) is 8.06. The molecule has 3 heteroatoms. The normalized spacial score (nSPS) is 15.7. The Morgan fingerprint density at radius 1 is 1.44 bits per heavy atom. The van der Waals surface area contributed by atoms with Crippen LogP contribution in [0.4, 0.5) is 0 Å². The third-order valence-corrected chi connectivity index (χ3v) is 8.49. The van der Waals surface area contributed by atoms with E-state index in [1.165, 1.54) is 0 Å². The van der Waals surface area contributed by atoms with E-state index in [1.807, 2.05) is 6.92 Å². The second-order valence-electron chi connectivity index (χ2n) is 3.14. The molecule has 0 aliphatic rings. The van der Waals surface area contributed by atoms with Gasteiger partial charge in [0.15, 0.2) is 0 Å². The van der Waals surface area contributed by atoms with Crippen LogP contribution in [-0.4, -0.2) is 18.4 Å². The summed E-state index contributed by atoms with van der Waals surface area (Å²) in [6, 6.07) is 0. The zero-order valence-electron chi connectivity index (χ0n) is 6.57. The van der Waals surface area contributed by atoms with E-state index in [9.17, 15) is 0 Å². The topological polar surface area (TPSA) is 9.23 Å². The van der Waals surface area contributed by atoms with Crippen LogP contribution in [0.5, 0.6) is 0 Å². The van der Waals surface area contributed by atoms with E-state index >= 15 is 0 Å². The molecule has 0 aromatic carbocycles. The summed E-state index contributed by atoms with van der Waals surface area (Å²) in [6.45, 7) is 9.85. The maximum atomic E-state index is 5.45. The second kappa shape index (κ2) is 3.93. The Balaban J connectivity index is 3.59. The Kier molecular flexibility index (Phi) is 4.32. The number of halogens is 1. The number of hydrogen-bond donors (Lipinski definition) is 0. The average molecular weight is 258 g/mol. The lowest BCUT2D eigenvalue weighted by molar-refractivity contribution is 0.176. The minimum atomic E-state index is -1.02. The highest BCUT2D eigenvalue weighted by atomic mass is 127. The number of ether oxygens (including phenoxy) is 1. The van der Waals surface area contributed by atoms with Gasteiger partial charge in [-0.15, -0.1) is 0 Å². The largest absolute Gasteiger partial charge is 0.372 e. The Labute approximate surface area is 72.3 Å². The van der Waals surface area contributed by atoms with Crippen LogP contribution < -0.4 is 0 Å². The Hall–Kier alpha value is 0.907. The highest BCUT2D eigenvalue weighted by Crippen LogP contribution is 2.17. The minimum absolute atomic E-state index is 0.472. The van der Waals surface area contributed by atoms with Crippen LogP contribution in [0.3, 0.4) is 0 Å². The Bertz CT molecular complexity index is 79.6. The lowest BCUT2D eigenvalue weighted by Gasteiger charge is -2.22. The van der Waals surface area contributed by atoms with Crippen molar-refractivity contribution in [1.29, 1.82) is 0 Å². The van der Waals surface area contributed by atoms with Crippen molar-refractivity contribution in [2.75, 3.05) is 6.61 Å². The first-order chi connectivity index (χ1) is 3.98. The molecule has 0 saturated carbocycles. The predicted molar refractivity (Wildman–Crippen MR) is 52.8 cm³/mol. The third kappa shape index (κ3) is 4.33. The molecule has 1 atom stereocenters. The molecule has 0 heterocycles. The van der Waals surface area contributed by atoms with Crippen LogP contribution in [0, 0.1) is 0 Å². The van der Waals surface area contributed by atoms with Crippen LogP contribution in [0.15, 0.2) is 0 Å². The lowest BCUT2D eigenvalue weighted by Crippen LogP contribution is -2.35. The van der Waals surface area contributed by atoms with Gasteiger partial charge in [0, 0.05) is 6.61 Å². The standard InChI is InChI=1S/C6H15IOSi/c1-5-8-6(7)9(2,3)4/h6H,5H2,1-4H3. The van der Waals surface area contributed by atoms with Gasteiger partial charge < -0.3 is 4.74 Å². The summed E-state index contributed by atoms with van der Waals surface area (Å²) >= 11 is 2.39. The zero-order valence-corrected chi connectivity index (χ0v) is 9.73. The second-order valence-corrected chi connectivity index (χ2v) is 10.7. The number of rotatable bonds is 3. The van der Waals surface area contributed by atoms with Gasteiger partial charge in [0.1, 0.15) is 0 Å². The molecular formula is C6H15IOSi. The molecule has 1 nitrogen and oxygen atoms in total. The SMILES string of the molecule is CCOC(I)[Si](C)(C)C. The van der Waals surface area contributed by atoms with Crippen molar-refractivity contribution in [3.05, 3.63) is 0 Å². The Morgan fingerprint density at radius 3 is 2.00 bits per heavy atom. The first-order valence-electron chi connectivity index (χ1n) is 3.24. The molecule has 0 bridgehead atoms. The molecule has 56 valence electrons. The average Bonchev–Trinajstić information content (AvgIpc) is 1.64. The fourth-order valence-corrected chi connectivity index (χ4v) is 1.42. The van der Waals surface area contributed by atoms with E-state index < -0.39 is 8.07 Å². The molecule has 0 aliphatic heterocycles. The molecule has 9 heavy (non-hydrogen) atoms. The summed E-state index contributed by atoms with van der Waals surface area (Å²) in [5, 5.41) is 0. The van der Waals surface area contributed by atoms with Gasteiger partial charge in [-0.05, 0) is 6.92 Å². The highest BCUT2D eigenvalue weighted by molar-refractivity contribution is 14.1. The van der Waals surface area contributed by atoms with Gasteiger partial charge in [-0.1, -0.05) is 42.2 Å². The molecule has 0 radical (unpaired) electrons. The summed E-state index contributed by atoms with van der Waals surface area (Å²) in [7, 11) is -1.02. The van der Waals surface area contributed by atoms with Crippen LogP contribution in [0.25, 0.3) is 0 Å². The van der Waals surface area contributed by atoms with Crippen molar-refractivity contribution in [3.8, 4) is 0 Å². The van der Waals surface area contributed by atoms with Crippen molar-refractivity contribution in [2.24, 2.45) is 0 Å². The van der Waals surface area contributed by atoms with Gasteiger partial charge in [0.05, 0.1) is 11.8 Å². The molecule has 0 amide bonds. The van der Waals surface area contributed by atoms with E-state index in [-0.39, 0.29) is 0 Å². The van der Waals surface area contributed by atoms with Crippen molar-refractivity contribution in [3.63, 3.8) is 0 Å². The van der Waals surface area contributed by atoms with E-state index in [2.05, 4.69) is 42.2 Å². The van der Waals surface area contributed by atoms with Gasteiger partial charge in [-0.2, -0.15) is 0 Å². The molecule has 0 N–H and O–H groups in total. The summed E-state index contributed by atoms with van der Waals surface area (Å²) in [4.78, 5) is 0. The van der Waals surface area contributed by atoms with Crippen molar-refractivity contribution < 1.29 is 4.74 Å². The summed E-state index contributed by atoms with van der Waals surface area (Å²) in [5.74, 6) is 0. The molecule has 0 rings (SSSR count). The molecule has 0 fully saturated rings. The lowest BCUT2D eigenvalue weighted by atomic mass is 10.9. The van der Waals surface area contributed by atoms with E-state index in [0.717, 1.165) is 6.61 Å². The molecule has 0 aromatic rings. The number of alkyl halides is 1. The quantitative estimate of drug-likeness (QED) is 0.429. The van der Waals surface area contributed by atoms with Gasteiger partial charge in [0.25, 0.3) is 0 Å². The minimum Gasteiger partial charge on any atom is -0.372 e. The molecule has 0 aliphatic carbocycles. The highest BCUT2D eigenvalue weighted by Gasteiger charge is 2.23. The molecule has 0 saturated heterocycles. The Morgan fingerprint density at radius 2 is 1.89 bits per heavy atom. The van der Waals surface area contributed by atoms with Gasteiger partial charge in [-0.3, -0.25) is 0 Å². The molecule has 0 spiro atoms. The van der Waals surface area contributed by atoms with Crippen LogP contribution in [-0.2, 0) is 4.74 Å². The van der Waals surface area contributed by atoms with Gasteiger partial charge >= 0.3 is 0 Å². The molecule has 0 aromatic heterocycles. The van der Waals surface area contributed by atoms with Crippen molar-refractivity contribution >= 4 is 30.7 Å². The fourth-order valence-electron chi connectivity index (χ4n) is 0.396. The van der Waals surface area contributed by atoms with Gasteiger partial charge in [-0.25, -0.2) is 0 Å². The monoisotopic (exact) mass is 258 g/mol. The van der Waals surface area contributed by atoms with Crippen LogP contribution in [0.2, 0.25) is 19.6 Å².